The van der Waals surface area contributed by atoms with Crippen LogP contribution < -0.4 is 10.6 Å². The Balaban J connectivity index is 1.41. The Bertz CT molecular complexity index is 214. The third-order valence-electron chi connectivity index (χ3n) is 2.71. The number of nitrogens with zero attached hydrogens (tertiary/aromatic N) is 1. The highest BCUT2D eigenvalue weighted by Gasteiger charge is 2.20. The zero-order chi connectivity index (χ0) is 10.3. The molecule has 0 saturated heterocycles. The van der Waals surface area contributed by atoms with Gasteiger partial charge in [-0.05, 0) is 31.6 Å². The van der Waals surface area contributed by atoms with E-state index >= 15 is 0 Å². The molecule has 15 heavy (non-hydrogen) atoms. The van der Waals surface area contributed by atoms with Crippen LogP contribution in [-0.2, 0) is 4.74 Å². The van der Waals surface area contributed by atoms with Gasteiger partial charge in [0.1, 0.15) is 0 Å². The summed E-state index contributed by atoms with van der Waals surface area (Å²) in [5.74, 6) is 1.84. The Kier molecular flexibility index (Phi) is 4.26. The number of nitrogens with one attached hydrogen (secondary N) is 2. The van der Waals surface area contributed by atoms with Gasteiger partial charge in [0.2, 0.25) is 0 Å². The lowest BCUT2D eigenvalue weighted by molar-refractivity contribution is 0.123. The highest BCUT2D eigenvalue weighted by molar-refractivity contribution is 5.80. The Morgan fingerprint density at radius 3 is 3.13 bits per heavy atom. The van der Waals surface area contributed by atoms with Gasteiger partial charge in [0.05, 0.1) is 0 Å². The van der Waals surface area contributed by atoms with Crippen molar-refractivity contribution >= 4 is 5.96 Å². The molecule has 0 aromatic rings. The third-order valence-corrected chi connectivity index (χ3v) is 2.71. The molecule has 1 saturated carbocycles. The summed E-state index contributed by atoms with van der Waals surface area (Å²) in [6.07, 6.45) is 4.96. The van der Waals surface area contributed by atoms with Crippen LogP contribution in [-0.4, -0.2) is 38.8 Å². The molecule has 0 atom stereocenters. The second-order valence-electron chi connectivity index (χ2n) is 4.31. The molecule has 0 spiro atoms. The van der Waals surface area contributed by atoms with Crippen LogP contribution in [0, 0.1) is 5.92 Å². The summed E-state index contributed by atoms with van der Waals surface area (Å²) in [6.45, 7) is 4.80. The van der Waals surface area contributed by atoms with Gasteiger partial charge >= 0.3 is 0 Å². The predicted octanol–water partition coefficient (Wildman–Crippen LogP) is 0.742. The van der Waals surface area contributed by atoms with Crippen molar-refractivity contribution in [2.75, 3.05) is 32.8 Å². The molecule has 4 heteroatoms. The fourth-order valence-corrected chi connectivity index (χ4v) is 1.57. The molecular weight excluding hydrogens is 190 g/mol. The van der Waals surface area contributed by atoms with Gasteiger partial charge in [-0.3, -0.25) is 4.99 Å². The first kappa shape index (κ1) is 10.7. The lowest BCUT2D eigenvalue weighted by atomic mass is 10.4. The van der Waals surface area contributed by atoms with Crippen LogP contribution in [0.1, 0.15) is 25.7 Å². The lowest BCUT2D eigenvalue weighted by Crippen LogP contribution is -2.41. The van der Waals surface area contributed by atoms with E-state index in [2.05, 4.69) is 15.6 Å². The summed E-state index contributed by atoms with van der Waals surface area (Å²) in [6, 6.07) is 0. The Morgan fingerprint density at radius 2 is 2.40 bits per heavy atom. The average molecular weight is 211 g/mol. The largest absolute Gasteiger partial charge is 0.381 e. The Hall–Kier alpha value is -0.770. The number of ether oxygens (including phenoxy) is 1. The molecule has 0 unspecified atom stereocenters. The van der Waals surface area contributed by atoms with Gasteiger partial charge in [-0.2, -0.15) is 0 Å². The standard InChI is InChI=1S/C11H21N3O/c1-5-12-11(13-6-1)14-7-2-8-15-9-10-3-4-10/h10H,1-9H2,(H2,12,13,14). The molecule has 0 aromatic carbocycles. The molecule has 0 aromatic heterocycles. The zero-order valence-electron chi connectivity index (χ0n) is 9.30. The summed E-state index contributed by atoms with van der Waals surface area (Å²) in [5, 5.41) is 6.52. The van der Waals surface area contributed by atoms with Crippen LogP contribution in [0.3, 0.4) is 0 Å². The maximum Gasteiger partial charge on any atom is 0.191 e. The molecule has 1 fully saturated rings. The fraction of sp³-hybridized carbons (Fsp3) is 0.909. The maximum absolute atomic E-state index is 5.55. The monoisotopic (exact) mass is 211 g/mol. The van der Waals surface area contributed by atoms with E-state index in [-0.39, 0.29) is 0 Å². The van der Waals surface area contributed by atoms with Crippen LogP contribution in [0.25, 0.3) is 0 Å². The van der Waals surface area contributed by atoms with Crippen molar-refractivity contribution in [1.29, 1.82) is 0 Å². The van der Waals surface area contributed by atoms with Crippen molar-refractivity contribution < 1.29 is 4.74 Å². The van der Waals surface area contributed by atoms with Crippen molar-refractivity contribution in [3.05, 3.63) is 0 Å². The van der Waals surface area contributed by atoms with E-state index in [4.69, 9.17) is 4.74 Å². The van der Waals surface area contributed by atoms with Gasteiger partial charge in [0.15, 0.2) is 5.96 Å². The highest BCUT2D eigenvalue weighted by atomic mass is 16.5. The number of hydrogen-bond acceptors (Lipinski definition) is 4. The second kappa shape index (κ2) is 5.95. The molecule has 1 heterocycles. The van der Waals surface area contributed by atoms with Crippen molar-refractivity contribution in [2.24, 2.45) is 10.9 Å². The first-order valence-corrected chi connectivity index (χ1v) is 6.05. The van der Waals surface area contributed by atoms with Crippen LogP contribution in [0.4, 0.5) is 0 Å². The molecule has 0 bridgehead atoms. The summed E-state index contributed by atoms with van der Waals surface area (Å²) < 4.78 is 5.55. The van der Waals surface area contributed by atoms with Crippen molar-refractivity contribution in [1.82, 2.24) is 10.6 Å². The first-order valence-electron chi connectivity index (χ1n) is 6.05. The third kappa shape index (κ3) is 4.51. The van der Waals surface area contributed by atoms with Crippen LogP contribution in [0.2, 0.25) is 0 Å². The van der Waals surface area contributed by atoms with Crippen molar-refractivity contribution in [3.8, 4) is 0 Å². The van der Waals surface area contributed by atoms with Gasteiger partial charge in [0, 0.05) is 32.8 Å². The minimum Gasteiger partial charge on any atom is -0.381 e. The SMILES string of the molecule is C1CN=C(NCCCOCC2CC2)NC1. The Labute approximate surface area is 91.5 Å². The molecular formula is C11H21N3O. The summed E-state index contributed by atoms with van der Waals surface area (Å²) in [4.78, 5) is 4.34. The van der Waals surface area contributed by atoms with Gasteiger partial charge in [-0.1, -0.05) is 0 Å². The number of hydrogen-bond donors (Lipinski definition) is 2. The van der Waals surface area contributed by atoms with E-state index in [1.807, 2.05) is 0 Å². The van der Waals surface area contributed by atoms with Gasteiger partial charge < -0.3 is 15.4 Å². The molecule has 86 valence electrons. The van der Waals surface area contributed by atoms with Gasteiger partial charge in [-0.25, -0.2) is 0 Å². The first-order chi connectivity index (χ1) is 7.45. The van der Waals surface area contributed by atoms with Gasteiger partial charge in [-0.15, -0.1) is 0 Å². The summed E-state index contributed by atoms with van der Waals surface area (Å²) >= 11 is 0. The average Bonchev–Trinajstić information content (AvgIpc) is 3.09. The van der Waals surface area contributed by atoms with Crippen LogP contribution >= 0.6 is 0 Å². The topological polar surface area (TPSA) is 45.7 Å². The maximum atomic E-state index is 5.55. The van der Waals surface area contributed by atoms with E-state index in [1.165, 1.54) is 12.8 Å². The minimum absolute atomic E-state index is 0.872. The molecule has 0 radical (unpaired) electrons. The molecule has 0 amide bonds. The Morgan fingerprint density at radius 1 is 1.47 bits per heavy atom. The second-order valence-corrected chi connectivity index (χ2v) is 4.31. The minimum atomic E-state index is 0.872. The zero-order valence-corrected chi connectivity index (χ0v) is 9.30. The molecule has 1 aliphatic carbocycles. The number of rotatable bonds is 6. The van der Waals surface area contributed by atoms with E-state index < -0.39 is 0 Å². The number of aliphatic imine (C=N–C) groups is 1. The fourth-order valence-electron chi connectivity index (χ4n) is 1.57. The molecule has 1 aliphatic heterocycles. The molecule has 2 N–H and O–H groups in total. The quantitative estimate of drug-likeness (QED) is 0.637. The molecule has 4 nitrogen and oxygen atoms in total. The molecule has 2 rings (SSSR count). The van der Waals surface area contributed by atoms with Crippen molar-refractivity contribution in [2.45, 2.75) is 25.7 Å². The highest BCUT2D eigenvalue weighted by Crippen LogP contribution is 2.28. The molecule has 2 aliphatic rings. The van der Waals surface area contributed by atoms with E-state index in [9.17, 15) is 0 Å². The smallest absolute Gasteiger partial charge is 0.191 e. The van der Waals surface area contributed by atoms with E-state index in [0.29, 0.717) is 0 Å². The summed E-state index contributed by atoms with van der Waals surface area (Å²) in [7, 11) is 0. The summed E-state index contributed by atoms with van der Waals surface area (Å²) in [5.41, 5.74) is 0. The van der Waals surface area contributed by atoms with Crippen molar-refractivity contribution in [3.63, 3.8) is 0 Å². The van der Waals surface area contributed by atoms with E-state index in [0.717, 1.165) is 57.6 Å². The number of guanidine groups is 1. The lowest BCUT2D eigenvalue weighted by Gasteiger charge is -2.15. The van der Waals surface area contributed by atoms with Crippen LogP contribution in [0.15, 0.2) is 4.99 Å². The van der Waals surface area contributed by atoms with Gasteiger partial charge in [0.25, 0.3) is 0 Å². The predicted molar refractivity (Wildman–Crippen MR) is 61.1 cm³/mol. The van der Waals surface area contributed by atoms with E-state index in [1.54, 1.807) is 0 Å². The normalized spacial score (nSPS) is 20.7. The van der Waals surface area contributed by atoms with Crippen LogP contribution in [0.5, 0.6) is 0 Å².